The molecule has 2 aliphatic heterocycles. The largest absolute Gasteiger partial charge is 0.397 e. The summed E-state index contributed by atoms with van der Waals surface area (Å²) in [4.78, 5) is 17.7. The Labute approximate surface area is 162 Å². The second-order valence-corrected chi connectivity index (χ2v) is 7.11. The van der Waals surface area contributed by atoms with Crippen LogP contribution in [0.5, 0.6) is 0 Å². The lowest BCUT2D eigenvalue weighted by atomic mass is 9.84. The van der Waals surface area contributed by atoms with E-state index in [0.29, 0.717) is 35.9 Å². The summed E-state index contributed by atoms with van der Waals surface area (Å²) in [5.74, 6) is 0.0511. The summed E-state index contributed by atoms with van der Waals surface area (Å²) in [6.45, 7) is 1.02. The molecule has 1 atom stereocenters. The third-order valence-corrected chi connectivity index (χ3v) is 5.22. The molecule has 1 fully saturated rings. The van der Waals surface area contributed by atoms with Crippen molar-refractivity contribution in [1.82, 2.24) is 10.3 Å². The van der Waals surface area contributed by atoms with E-state index in [9.17, 15) is 15.4 Å². The first-order valence-electron chi connectivity index (χ1n) is 8.08. The Hall–Kier alpha value is -3.32. The first-order valence-corrected chi connectivity index (χ1v) is 8.87. The van der Waals surface area contributed by atoms with E-state index in [0.717, 1.165) is 4.47 Å². The molecular formula is C17H14BrN7O2. The van der Waals surface area contributed by atoms with Crippen molar-refractivity contribution in [1.29, 1.82) is 5.26 Å². The molecule has 0 bridgehead atoms. The van der Waals surface area contributed by atoms with Crippen LogP contribution >= 0.6 is 15.9 Å². The fourth-order valence-corrected chi connectivity index (χ4v) is 4.06. The maximum atomic E-state index is 12.0. The molecule has 5 N–H and O–H groups in total. The van der Waals surface area contributed by atoms with Gasteiger partial charge in [0, 0.05) is 23.1 Å². The number of nitrogens with two attached hydrogens (primary N) is 2. The fourth-order valence-electron chi connectivity index (χ4n) is 3.64. The number of benzene rings is 1. The van der Waals surface area contributed by atoms with Gasteiger partial charge < -0.3 is 21.7 Å². The average molecular weight is 428 g/mol. The molecule has 1 aromatic heterocycles. The maximum Gasteiger partial charge on any atom is 0.298 e. The standard InChI is InChI=1S/C17H14BrN7O2/c18-9-3-1-2-8(6-9)11-12-13(20)10(7-19)15(21)23-16(12)24-5-4-22-17(24)14(11)25(26)27/h1-3,6,11,22H,4-5H2,(H4,20,21,23). The Morgan fingerprint density at radius 3 is 2.89 bits per heavy atom. The number of nitrogen functional groups attached to an aromatic ring is 2. The van der Waals surface area contributed by atoms with Gasteiger partial charge in [-0.25, -0.2) is 4.98 Å². The minimum atomic E-state index is -0.787. The Balaban J connectivity index is 2.10. The number of aromatic nitrogens is 1. The van der Waals surface area contributed by atoms with Crippen LogP contribution in [-0.4, -0.2) is 23.0 Å². The summed E-state index contributed by atoms with van der Waals surface area (Å²) in [6.07, 6.45) is 0. The number of fused-ring (bicyclic) bond motifs is 3. The Kier molecular flexibility index (Phi) is 3.89. The van der Waals surface area contributed by atoms with Gasteiger partial charge >= 0.3 is 0 Å². The summed E-state index contributed by atoms with van der Waals surface area (Å²) < 4.78 is 0.776. The zero-order valence-electron chi connectivity index (χ0n) is 13.9. The quantitative estimate of drug-likeness (QED) is 0.485. The molecule has 136 valence electrons. The first-order chi connectivity index (χ1) is 12.9. The molecular weight excluding hydrogens is 414 g/mol. The van der Waals surface area contributed by atoms with Gasteiger partial charge in [-0.05, 0) is 17.7 Å². The molecule has 2 aliphatic rings. The van der Waals surface area contributed by atoms with Crippen LogP contribution in [-0.2, 0) is 0 Å². The highest BCUT2D eigenvalue weighted by atomic mass is 79.9. The van der Waals surface area contributed by atoms with Gasteiger partial charge in [0.25, 0.3) is 5.70 Å². The van der Waals surface area contributed by atoms with Crippen molar-refractivity contribution in [3.05, 3.63) is 67.1 Å². The summed E-state index contributed by atoms with van der Waals surface area (Å²) in [6, 6.07) is 9.17. The van der Waals surface area contributed by atoms with Crippen molar-refractivity contribution < 1.29 is 4.92 Å². The van der Waals surface area contributed by atoms with Crippen molar-refractivity contribution in [2.75, 3.05) is 29.5 Å². The molecule has 10 heteroatoms. The zero-order valence-corrected chi connectivity index (χ0v) is 15.5. The molecule has 27 heavy (non-hydrogen) atoms. The van der Waals surface area contributed by atoms with Crippen molar-refractivity contribution in [3.8, 4) is 6.07 Å². The summed E-state index contributed by atoms with van der Waals surface area (Å²) in [7, 11) is 0. The number of allylic oxidation sites excluding steroid dienone is 1. The van der Waals surface area contributed by atoms with Crippen LogP contribution in [0, 0.1) is 21.4 Å². The highest BCUT2D eigenvalue weighted by molar-refractivity contribution is 9.10. The van der Waals surface area contributed by atoms with Crippen molar-refractivity contribution in [2.24, 2.45) is 0 Å². The predicted molar refractivity (Wildman–Crippen MR) is 103 cm³/mol. The highest BCUT2D eigenvalue weighted by Crippen LogP contribution is 2.48. The smallest absolute Gasteiger partial charge is 0.298 e. The maximum absolute atomic E-state index is 12.0. The molecule has 1 unspecified atom stereocenters. The van der Waals surface area contributed by atoms with Crippen LogP contribution < -0.4 is 21.7 Å². The molecule has 1 aromatic carbocycles. The Morgan fingerprint density at radius 2 is 2.22 bits per heavy atom. The minimum absolute atomic E-state index is 0.0116. The number of rotatable bonds is 2. The molecule has 0 spiro atoms. The normalized spacial score (nSPS) is 17.8. The molecule has 4 rings (SSSR count). The van der Waals surface area contributed by atoms with Gasteiger partial charge in [-0.1, -0.05) is 28.1 Å². The fraction of sp³-hybridized carbons (Fsp3) is 0.176. The number of pyridine rings is 1. The Bertz CT molecular complexity index is 1060. The summed E-state index contributed by atoms with van der Waals surface area (Å²) >= 11 is 3.41. The number of halogens is 1. The zero-order chi connectivity index (χ0) is 19.3. The number of nitro groups is 1. The number of hydrogen-bond donors (Lipinski definition) is 3. The molecule has 0 amide bonds. The van der Waals surface area contributed by atoms with Gasteiger partial charge in [0.1, 0.15) is 29.2 Å². The van der Waals surface area contributed by atoms with Crippen molar-refractivity contribution in [3.63, 3.8) is 0 Å². The van der Waals surface area contributed by atoms with Crippen LogP contribution in [0.25, 0.3) is 0 Å². The topological polar surface area (TPSA) is 147 Å². The second-order valence-electron chi connectivity index (χ2n) is 6.19. The van der Waals surface area contributed by atoms with E-state index in [-0.39, 0.29) is 22.8 Å². The van der Waals surface area contributed by atoms with E-state index in [2.05, 4.69) is 26.2 Å². The van der Waals surface area contributed by atoms with E-state index in [1.165, 1.54) is 0 Å². The third-order valence-electron chi connectivity index (χ3n) is 4.73. The molecule has 3 heterocycles. The van der Waals surface area contributed by atoms with Crippen LogP contribution in [0.4, 0.5) is 17.3 Å². The van der Waals surface area contributed by atoms with Gasteiger partial charge in [0.2, 0.25) is 0 Å². The first kappa shape index (κ1) is 17.1. The van der Waals surface area contributed by atoms with Crippen LogP contribution in [0.2, 0.25) is 0 Å². The molecule has 9 nitrogen and oxygen atoms in total. The Morgan fingerprint density at radius 1 is 1.44 bits per heavy atom. The average Bonchev–Trinajstić information content (AvgIpc) is 3.10. The van der Waals surface area contributed by atoms with Gasteiger partial charge in [0.15, 0.2) is 5.82 Å². The van der Waals surface area contributed by atoms with E-state index in [4.69, 9.17) is 11.5 Å². The summed E-state index contributed by atoms with van der Waals surface area (Å²) in [5.41, 5.74) is 13.4. The SMILES string of the molecule is N#Cc1c(N)nc2c(c1N)C(c1cccc(Br)c1)C([N+](=O)[O-])=C1NCCN12. The number of anilines is 3. The van der Waals surface area contributed by atoms with Gasteiger partial charge in [0.05, 0.1) is 10.6 Å². The van der Waals surface area contributed by atoms with Crippen molar-refractivity contribution in [2.45, 2.75) is 5.92 Å². The van der Waals surface area contributed by atoms with E-state index < -0.39 is 10.8 Å². The van der Waals surface area contributed by atoms with E-state index >= 15 is 0 Å². The molecule has 0 saturated carbocycles. The van der Waals surface area contributed by atoms with Crippen LogP contribution in [0.1, 0.15) is 22.6 Å². The van der Waals surface area contributed by atoms with Crippen LogP contribution in [0.3, 0.4) is 0 Å². The second kappa shape index (κ2) is 6.14. The number of nitrogens with one attached hydrogen (secondary N) is 1. The number of hydrogen-bond acceptors (Lipinski definition) is 8. The molecule has 0 radical (unpaired) electrons. The van der Waals surface area contributed by atoms with Gasteiger partial charge in [-0.3, -0.25) is 10.1 Å². The number of nitriles is 1. The van der Waals surface area contributed by atoms with E-state index in [1.54, 1.807) is 23.1 Å². The highest BCUT2D eigenvalue weighted by Gasteiger charge is 2.46. The number of nitrogens with zero attached hydrogens (tertiary/aromatic N) is 4. The van der Waals surface area contributed by atoms with Gasteiger partial charge in [-0.2, -0.15) is 5.26 Å². The third kappa shape index (κ3) is 2.47. The monoisotopic (exact) mass is 427 g/mol. The van der Waals surface area contributed by atoms with Gasteiger partial charge in [-0.15, -0.1) is 0 Å². The molecule has 1 saturated heterocycles. The lowest BCUT2D eigenvalue weighted by Gasteiger charge is -2.31. The lowest BCUT2D eigenvalue weighted by Crippen LogP contribution is -2.34. The molecule has 2 aromatic rings. The lowest BCUT2D eigenvalue weighted by molar-refractivity contribution is -0.430. The summed E-state index contributed by atoms with van der Waals surface area (Å²) in [5, 5.41) is 24.5. The molecule has 0 aliphatic carbocycles. The van der Waals surface area contributed by atoms with Crippen molar-refractivity contribution >= 4 is 33.3 Å². The predicted octanol–water partition coefficient (Wildman–Crippen LogP) is 1.88. The van der Waals surface area contributed by atoms with E-state index in [1.807, 2.05) is 12.1 Å². The van der Waals surface area contributed by atoms with Crippen LogP contribution in [0.15, 0.2) is 40.3 Å². The minimum Gasteiger partial charge on any atom is -0.397 e.